The zero-order valence-electron chi connectivity index (χ0n) is 11.9. The summed E-state index contributed by atoms with van der Waals surface area (Å²) in [7, 11) is 1.67. The maximum Gasteiger partial charge on any atom is 0.169 e. The van der Waals surface area contributed by atoms with E-state index in [1.807, 2.05) is 18.2 Å². The van der Waals surface area contributed by atoms with Crippen molar-refractivity contribution in [2.24, 2.45) is 0 Å². The smallest absolute Gasteiger partial charge is 0.169 e. The second-order valence-corrected chi connectivity index (χ2v) is 5.41. The topological polar surface area (TPSA) is 53.7 Å². The molecule has 108 valence electrons. The molecule has 3 rings (SSSR count). The van der Waals surface area contributed by atoms with Gasteiger partial charge in [-0.1, -0.05) is 11.6 Å². The SMILES string of the molecule is COc1ccc(N)c(C=C2CCC3(CC2)OCCO3)c1. The van der Waals surface area contributed by atoms with Crippen LogP contribution in [0.5, 0.6) is 5.75 Å². The van der Waals surface area contributed by atoms with Gasteiger partial charge in [0.15, 0.2) is 5.79 Å². The van der Waals surface area contributed by atoms with Crippen LogP contribution in [0, 0.1) is 0 Å². The Balaban J connectivity index is 1.74. The minimum atomic E-state index is -0.308. The van der Waals surface area contributed by atoms with Gasteiger partial charge in [-0.25, -0.2) is 0 Å². The maximum atomic E-state index is 6.03. The Bertz CT molecular complexity index is 506. The molecule has 1 saturated heterocycles. The van der Waals surface area contributed by atoms with Gasteiger partial charge in [0, 0.05) is 24.1 Å². The van der Waals surface area contributed by atoms with E-state index >= 15 is 0 Å². The molecule has 2 fully saturated rings. The van der Waals surface area contributed by atoms with E-state index in [-0.39, 0.29) is 5.79 Å². The molecule has 0 unspecified atom stereocenters. The second kappa shape index (κ2) is 5.46. The normalized spacial score (nSPS) is 21.1. The van der Waals surface area contributed by atoms with Crippen LogP contribution in [0.15, 0.2) is 23.8 Å². The zero-order chi connectivity index (χ0) is 14.0. The van der Waals surface area contributed by atoms with E-state index in [4.69, 9.17) is 19.9 Å². The fourth-order valence-electron chi connectivity index (χ4n) is 2.91. The predicted octanol–water partition coefficient (Wildman–Crippen LogP) is 2.98. The highest BCUT2D eigenvalue weighted by molar-refractivity contribution is 5.67. The van der Waals surface area contributed by atoms with Crippen molar-refractivity contribution in [2.45, 2.75) is 31.5 Å². The van der Waals surface area contributed by atoms with Gasteiger partial charge in [0.2, 0.25) is 0 Å². The Kier molecular flexibility index (Phi) is 3.68. The minimum absolute atomic E-state index is 0.308. The zero-order valence-corrected chi connectivity index (χ0v) is 11.9. The first-order chi connectivity index (χ1) is 9.71. The first kappa shape index (κ1) is 13.5. The van der Waals surface area contributed by atoms with Crippen LogP contribution in [0.3, 0.4) is 0 Å². The third-order valence-electron chi connectivity index (χ3n) is 4.12. The number of methoxy groups -OCH3 is 1. The van der Waals surface area contributed by atoms with E-state index < -0.39 is 0 Å². The van der Waals surface area contributed by atoms with Crippen molar-refractivity contribution in [1.29, 1.82) is 0 Å². The van der Waals surface area contributed by atoms with Crippen molar-refractivity contribution in [2.75, 3.05) is 26.1 Å². The van der Waals surface area contributed by atoms with Crippen molar-refractivity contribution >= 4 is 11.8 Å². The van der Waals surface area contributed by atoms with Crippen molar-refractivity contribution in [3.8, 4) is 5.75 Å². The van der Waals surface area contributed by atoms with Crippen LogP contribution in [0.1, 0.15) is 31.2 Å². The summed E-state index contributed by atoms with van der Waals surface area (Å²) in [6, 6.07) is 5.75. The van der Waals surface area contributed by atoms with Gasteiger partial charge in [0.1, 0.15) is 5.75 Å². The Hall–Kier alpha value is -1.52. The Morgan fingerprint density at radius 3 is 2.55 bits per heavy atom. The van der Waals surface area contributed by atoms with Crippen LogP contribution >= 0.6 is 0 Å². The maximum absolute atomic E-state index is 6.03. The highest BCUT2D eigenvalue weighted by Gasteiger charge is 2.38. The molecule has 1 aromatic rings. The lowest BCUT2D eigenvalue weighted by Gasteiger charge is -2.32. The van der Waals surface area contributed by atoms with Gasteiger partial charge in [-0.05, 0) is 31.0 Å². The largest absolute Gasteiger partial charge is 0.497 e. The molecule has 0 aromatic heterocycles. The molecule has 1 saturated carbocycles. The molecule has 4 nitrogen and oxygen atoms in total. The van der Waals surface area contributed by atoms with Crippen molar-refractivity contribution in [3.05, 3.63) is 29.3 Å². The monoisotopic (exact) mass is 275 g/mol. The minimum Gasteiger partial charge on any atom is -0.497 e. The number of nitrogens with two attached hydrogens (primary N) is 1. The van der Waals surface area contributed by atoms with Crippen LogP contribution in [-0.2, 0) is 9.47 Å². The van der Waals surface area contributed by atoms with Crippen LogP contribution < -0.4 is 10.5 Å². The summed E-state index contributed by atoms with van der Waals surface area (Å²) in [6.07, 6.45) is 6.04. The second-order valence-electron chi connectivity index (χ2n) is 5.41. The number of hydrogen-bond acceptors (Lipinski definition) is 4. The van der Waals surface area contributed by atoms with Gasteiger partial charge >= 0.3 is 0 Å². The molecule has 4 heteroatoms. The average Bonchev–Trinajstić information content (AvgIpc) is 2.92. The lowest BCUT2D eigenvalue weighted by Crippen LogP contribution is -2.33. The van der Waals surface area contributed by atoms with Crippen molar-refractivity contribution in [1.82, 2.24) is 0 Å². The molecule has 0 bridgehead atoms. The summed E-state index contributed by atoms with van der Waals surface area (Å²) in [5.41, 5.74) is 9.24. The summed E-state index contributed by atoms with van der Waals surface area (Å²) in [5.74, 6) is 0.526. The lowest BCUT2D eigenvalue weighted by atomic mass is 9.88. The van der Waals surface area contributed by atoms with E-state index in [1.54, 1.807) is 7.11 Å². The molecule has 0 atom stereocenters. The van der Waals surface area contributed by atoms with E-state index in [2.05, 4.69) is 6.08 Å². The van der Waals surface area contributed by atoms with Gasteiger partial charge in [-0.15, -0.1) is 0 Å². The predicted molar refractivity (Wildman–Crippen MR) is 78.5 cm³/mol. The molecule has 1 spiro atoms. The summed E-state index contributed by atoms with van der Waals surface area (Å²) in [5, 5.41) is 0. The molecule has 1 aliphatic heterocycles. The number of anilines is 1. The number of nitrogen functional groups attached to an aromatic ring is 1. The third kappa shape index (κ3) is 2.67. The van der Waals surface area contributed by atoms with E-state index in [0.29, 0.717) is 0 Å². The molecular weight excluding hydrogens is 254 g/mol. The average molecular weight is 275 g/mol. The molecule has 1 heterocycles. The van der Waals surface area contributed by atoms with E-state index in [9.17, 15) is 0 Å². The van der Waals surface area contributed by atoms with Crippen molar-refractivity contribution in [3.63, 3.8) is 0 Å². The molecule has 0 radical (unpaired) electrons. The summed E-state index contributed by atoms with van der Waals surface area (Å²) in [6.45, 7) is 1.45. The highest BCUT2D eigenvalue weighted by Crippen LogP contribution is 2.39. The molecule has 20 heavy (non-hydrogen) atoms. The van der Waals surface area contributed by atoms with Crippen LogP contribution in [0.4, 0.5) is 5.69 Å². The molecule has 1 aliphatic carbocycles. The molecule has 0 amide bonds. The Morgan fingerprint density at radius 2 is 1.90 bits per heavy atom. The molecule has 2 N–H and O–H groups in total. The Labute approximate surface area is 119 Å². The quantitative estimate of drug-likeness (QED) is 0.843. The van der Waals surface area contributed by atoms with Gasteiger partial charge in [0.25, 0.3) is 0 Å². The lowest BCUT2D eigenvalue weighted by molar-refractivity contribution is -0.171. The first-order valence-corrected chi connectivity index (χ1v) is 7.12. The van der Waals surface area contributed by atoms with Gasteiger partial charge in [0.05, 0.1) is 20.3 Å². The number of ether oxygens (including phenoxy) is 3. The summed E-state index contributed by atoms with van der Waals surface area (Å²) < 4.78 is 16.7. The fraction of sp³-hybridized carbons (Fsp3) is 0.500. The molecular formula is C16H21NO3. The molecule has 2 aliphatic rings. The number of rotatable bonds is 2. The van der Waals surface area contributed by atoms with E-state index in [1.165, 1.54) is 5.57 Å². The van der Waals surface area contributed by atoms with Gasteiger partial charge in [-0.3, -0.25) is 0 Å². The summed E-state index contributed by atoms with van der Waals surface area (Å²) in [4.78, 5) is 0. The number of hydrogen-bond donors (Lipinski definition) is 1. The van der Waals surface area contributed by atoms with Gasteiger partial charge < -0.3 is 19.9 Å². The van der Waals surface area contributed by atoms with Crippen LogP contribution in [0.25, 0.3) is 6.08 Å². The van der Waals surface area contributed by atoms with Gasteiger partial charge in [-0.2, -0.15) is 0 Å². The van der Waals surface area contributed by atoms with Crippen LogP contribution in [0.2, 0.25) is 0 Å². The standard InChI is InChI=1S/C16H21NO3/c1-18-14-2-3-15(17)13(11-14)10-12-4-6-16(7-5-12)19-8-9-20-16/h2-3,10-11H,4-9,17H2,1H3. The first-order valence-electron chi connectivity index (χ1n) is 7.12. The summed E-state index contributed by atoms with van der Waals surface area (Å²) >= 11 is 0. The third-order valence-corrected chi connectivity index (χ3v) is 4.12. The fourth-order valence-corrected chi connectivity index (χ4v) is 2.91. The highest BCUT2D eigenvalue weighted by atomic mass is 16.7. The Morgan fingerprint density at radius 1 is 1.20 bits per heavy atom. The van der Waals surface area contributed by atoms with Crippen LogP contribution in [-0.4, -0.2) is 26.1 Å². The molecule has 1 aromatic carbocycles. The number of benzene rings is 1. The van der Waals surface area contributed by atoms with Crippen molar-refractivity contribution < 1.29 is 14.2 Å². The number of allylic oxidation sites excluding steroid dienone is 1. The van der Waals surface area contributed by atoms with E-state index in [0.717, 1.165) is 55.9 Å².